The van der Waals surface area contributed by atoms with Crippen LogP contribution in [0.1, 0.15) is 36.0 Å². The molecule has 4 rings (SSSR count). The molecule has 5 heteroatoms. The number of halogens is 1. The summed E-state index contributed by atoms with van der Waals surface area (Å²) in [5, 5.41) is 3.14. The second kappa shape index (κ2) is 7.46. The number of carbonyl (C=O) groups excluding carboxylic acids is 1. The van der Waals surface area contributed by atoms with E-state index < -0.39 is 0 Å². The van der Waals surface area contributed by atoms with Crippen LogP contribution in [-0.4, -0.2) is 16.9 Å². The molecule has 1 aliphatic rings. The first-order valence-electron chi connectivity index (χ1n) is 8.83. The van der Waals surface area contributed by atoms with Crippen molar-refractivity contribution in [2.75, 3.05) is 0 Å². The Bertz CT molecular complexity index is 912. The van der Waals surface area contributed by atoms with Crippen LogP contribution >= 0.6 is 15.9 Å². The summed E-state index contributed by atoms with van der Waals surface area (Å²) in [6.45, 7) is 0. The van der Waals surface area contributed by atoms with Crippen molar-refractivity contribution in [2.45, 2.75) is 31.7 Å². The Kier molecular flexibility index (Phi) is 4.89. The summed E-state index contributed by atoms with van der Waals surface area (Å²) in [6, 6.07) is 15.6. The van der Waals surface area contributed by atoms with Crippen molar-refractivity contribution in [3.8, 4) is 22.8 Å². The molecule has 1 saturated carbocycles. The fourth-order valence-electron chi connectivity index (χ4n) is 3.35. The van der Waals surface area contributed by atoms with Crippen molar-refractivity contribution in [3.05, 3.63) is 64.8 Å². The predicted octanol–water partition coefficient (Wildman–Crippen LogP) is 5.44. The normalized spacial score (nSPS) is 14.5. The van der Waals surface area contributed by atoms with Gasteiger partial charge in [-0.15, -0.1) is 0 Å². The van der Waals surface area contributed by atoms with E-state index in [1.807, 2.05) is 48.5 Å². The molecule has 4 nitrogen and oxygen atoms in total. The largest absolute Gasteiger partial charge is 0.436 e. The quantitative estimate of drug-likeness (QED) is 0.622. The standard InChI is InChI=1S/C21H19BrN2O2/c22-15-11-9-14(10-12-15)19-13-23-21(26-19)18-8-4-3-7-17(18)20(25)24-16-5-1-2-6-16/h3-4,7-13,16H,1-2,5-6H2,(H,24,25). The van der Waals surface area contributed by atoms with Gasteiger partial charge in [-0.1, -0.05) is 53.0 Å². The van der Waals surface area contributed by atoms with E-state index >= 15 is 0 Å². The maximum atomic E-state index is 12.7. The molecule has 132 valence electrons. The number of carbonyl (C=O) groups is 1. The molecule has 0 radical (unpaired) electrons. The van der Waals surface area contributed by atoms with E-state index in [-0.39, 0.29) is 11.9 Å². The highest BCUT2D eigenvalue weighted by Gasteiger charge is 2.21. The summed E-state index contributed by atoms with van der Waals surface area (Å²) in [5.74, 6) is 1.08. The molecule has 0 unspecified atom stereocenters. The van der Waals surface area contributed by atoms with Gasteiger partial charge in [0.1, 0.15) is 0 Å². The van der Waals surface area contributed by atoms with Crippen molar-refractivity contribution in [1.29, 1.82) is 0 Å². The van der Waals surface area contributed by atoms with E-state index in [0.29, 0.717) is 22.8 Å². The summed E-state index contributed by atoms with van der Waals surface area (Å²) in [4.78, 5) is 17.1. The number of rotatable bonds is 4. The lowest BCUT2D eigenvalue weighted by atomic mass is 10.1. The topological polar surface area (TPSA) is 55.1 Å². The first-order chi connectivity index (χ1) is 12.7. The monoisotopic (exact) mass is 410 g/mol. The first kappa shape index (κ1) is 17.0. The lowest BCUT2D eigenvalue weighted by Crippen LogP contribution is -2.32. The average molecular weight is 411 g/mol. The fraction of sp³-hybridized carbons (Fsp3) is 0.238. The van der Waals surface area contributed by atoms with Crippen LogP contribution in [0.5, 0.6) is 0 Å². The van der Waals surface area contributed by atoms with Crippen LogP contribution in [0.25, 0.3) is 22.8 Å². The number of nitrogens with one attached hydrogen (secondary N) is 1. The van der Waals surface area contributed by atoms with Gasteiger partial charge >= 0.3 is 0 Å². The Morgan fingerprint density at radius 2 is 1.81 bits per heavy atom. The molecule has 0 spiro atoms. The van der Waals surface area contributed by atoms with Crippen LogP contribution < -0.4 is 5.32 Å². The van der Waals surface area contributed by atoms with Crippen molar-refractivity contribution in [2.24, 2.45) is 0 Å². The summed E-state index contributed by atoms with van der Waals surface area (Å²) >= 11 is 3.43. The summed E-state index contributed by atoms with van der Waals surface area (Å²) < 4.78 is 6.96. The van der Waals surface area contributed by atoms with Crippen LogP contribution in [0.3, 0.4) is 0 Å². The summed E-state index contributed by atoms with van der Waals surface area (Å²) in [6.07, 6.45) is 6.18. The number of hydrogen-bond donors (Lipinski definition) is 1. The Hall–Kier alpha value is -2.40. The third kappa shape index (κ3) is 3.58. The van der Waals surface area contributed by atoms with Gasteiger partial charge in [0.2, 0.25) is 5.89 Å². The smallest absolute Gasteiger partial charge is 0.252 e. The molecule has 0 aliphatic heterocycles. The van der Waals surface area contributed by atoms with Crippen molar-refractivity contribution in [3.63, 3.8) is 0 Å². The van der Waals surface area contributed by atoms with Crippen molar-refractivity contribution >= 4 is 21.8 Å². The highest BCUT2D eigenvalue weighted by atomic mass is 79.9. The van der Waals surface area contributed by atoms with Gasteiger partial charge in [0, 0.05) is 21.6 Å². The molecule has 0 saturated heterocycles. The Morgan fingerprint density at radius 1 is 1.08 bits per heavy atom. The maximum Gasteiger partial charge on any atom is 0.252 e. The van der Waals surface area contributed by atoms with Crippen molar-refractivity contribution in [1.82, 2.24) is 10.3 Å². The lowest BCUT2D eigenvalue weighted by Gasteiger charge is -2.13. The van der Waals surface area contributed by atoms with E-state index in [9.17, 15) is 4.79 Å². The molecule has 1 heterocycles. The van der Waals surface area contributed by atoms with Gasteiger partial charge in [-0.3, -0.25) is 4.79 Å². The van der Waals surface area contributed by atoms with E-state index in [0.717, 1.165) is 22.9 Å². The van der Waals surface area contributed by atoms with Gasteiger partial charge in [0.05, 0.1) is 11.8 Å². The minimum atomic E-state index is -0.0594. The van der Waals surface area contributed by atoms with Crippen LogP contribution in [0.15, 0.2) is 63.6 Å². The minimum Gasteiger partial charge on any atom is -0.436 e. The number of aromatic nitrogens is 1. The van der Waals surface area contributed by atoms with Gasteiger partial charge < -0.3 is 9.73 Å². The molecule has 1 fully saturated rings. The summed E-state index contributed by atoms with van der Waals surface area (Å²) in [7, 11) is 0. The number of nitrogens with zero attached hydrogens (tertiary/aromatic N) is 1. The second-order valence-electron chi connectivity index (χ2n) is 6.54. The van der Waals surface area contributed by atoms with Gasteiger partial charge in [0.15, 0.2) is 5.76 Å². The Morgan fingerprint density at radius 3 is 2.58 bits per heavy atom. The van der Waals surface area contributed by atoms with E-state index in [4.69, 9.17) is 4.42 Å². The number of benzene rings is 2. The fourth-order valence-corrected chi connectivity index (χ4v) is 3.61. The minimum absolute atomic E-state index is 0.0594. The van der Waals surface area contributed by atoms with Crippen LogP contribution in [0.2, 0.25) is 0 Å². The highest BCUT2D eigenvalue weighted by molar-refractivity contribution is 9.10. The lowest BCUT2D eigenvalue weighted by molar-refractivity contribution is 0.0938. The van der Waals surface area contributed by atoms with Gasteiger partial charge in [0.25, 0.3) is 5.91 Å². The van der Waals surface area contributed by atoms with Crippen LogP contribution in [-0.2, 0) is 0 Å². The van der Waals surface area contributed by atoms with E-state index in [2.05, 4.69) is 26.2 Å². The zero-order valence-corrected chi connectivity index (χ0v) is 15.8. The molecule has 0 atom stereocenters. The van der Waals surface area contributed by atoms with Gasteiger partial charge in [-0.25, -0.2) is 4.98 Å². The molecule has 1 aromatic heterocycles. The number of amides is 1. The highest BCUT2D eigenvalue weighted by Crippen LogP contribution is 2.29. The Balaban J connectivity index is 1.62. The molecular weight excluding hydrogens is 392 g/mol. The van der Waals surface area contributed by atoms with Gasteiger partial charge in [-0.05, 0) is 37.1 Å². The molecule has 1 aliphatic carbocycles. The molecule has 1 amide bonds. The number of hydrogen-bond acceptors (Lipinski definition) is 3. The molecule has 3 aromatic rings. The zero-order chi connectivity index (χ0) is 17.9. The molecular formula is C21H19BrN2O2. The van der Waals surface area contributed by atoms with E-state index in [1.165, 1.54) is 12.8 Å². The van der Waals surface area contributed by atoms with Crippen LogP contribution in [0.4, 0.5) is 0 Å². The Labute approximate surface area is 160 Å². The molecule has 2 aromatic carbocycles. The third-order valence-electron chi connectivity index (χ3n) is 4.73. The SMILES string of the molecule is O=C(NC1CCCC1)c1ccccc1-c1ncc(-c2ccc(Br)cc2)o1. The van der Waals surface area contributed by atoms with Crippen molar-refractivity contribution < 1.29 is 9.21 Å². The summed E-state index contributed by atoms with van der Waals surface area (Å²) in [5.41, 5.74) is 2.26. The second-order valence-corrected chi connectivity index (χ2v) is 7.45. The van der Waals surface area contributed by atoms with Gasteiger partial charge in [-0.2, -0.15) is 0 Å². The molecule has 0 bridgehead atoms. The molecule has 26 heavy (non-hydrogen) atoms. The average Bonchev–Trinajstić information content (AvgIpc) is 3.34. The first-order valence-corrected chi connectivity index (χ1v) is 9.62. The van der Waals surface area contributed by atoms with Crippen LogP contribution in [0, 0.1) is 0 Å². The zero-order valence-electron chi connectivity index (χ0n) is 14.2. The predicted molar refractivity (Wildman–Crippen MR) is 105 cm³/mol. The molecule has 1 N–H and O–H groups in total. The number of oxazole rings is 1. The third-order valence-corrected chi connectivity index (χ3v) is 5.26. The maximum absolute atomic E-state index is 12.7. The van der Waals surface area contributed by atoms with E-state index in [1.54, 1.807) is 6.20 Å².